The van der Waals surface area contributed by atoms with Crippen LogP contribution in [0.4, 0.5) is 10.5 Å². The van der Waals surface area contributed by atoms with Crippen LogP contribution in [0.1, 0.15) is 5.56 Å². The highest BCUT2D eigenvalue weighted by atomic mass is 16.6. The highest BCUT2D eigenvalue weighted by Crippen LogP contribution is 2.26. The molecule has 2 amide bonds. The highest BCUT2D eigenvalue weighted by Gasteiger charge is 2.47. The molecule has 7 heteroatoms. The second-order valence-electron chi connectivity index (χ2n) is 5.06. The Morgan fingerprint density at radius 2 is 2.14 bits per heavy atom. The smallest absolute Gasteiger partial charge is 0.319 e. The third kappa shape index (κ3) is 2.83. The molecule has 2 saturated heterocycles. The number of rotatable bonds is 2. The first-order valence-electron chi connectivity index (χ1n) is 6.66. The van der Waals surface area contributed by atoms with Gasteiger partial charge in [-0.15, -0.1) is 0 Å². The van der Waals surface area contributed by atoms with Crippen molar-refractivity contribution in [3.8, 4) is 6.07 Å². The molecule has 2 heterocycles. The SMILES string of the molecule is N#Cc1cccc(NC(=O)N[C@H]2CO[C@H]3[C@@H]2OC[C@H]3O)c1. The molecule has 0 aliphatic carbocycles. The minimum atomic E-state index is -0.642. The molecule has 7 nitrogen and oxygen atoms in total. The summed E-state index contributed by atoms with van der Waals surface area (Å²) in [5.74, 6) is 0. The molecule has 0 radical (unpaired) electrons. The average Bonchev–Trinajstić information content (AvgIpc) is 3.03. The number of carbonyl (C=O) groups is 1. The van der Waals surface area contributed by atoms with Gasteiger partial charge in [0.25, 0.3) is 0 Å². The van der Waals surface area contributed by atoms with Crippen molar-refractivity contribution in [1.29, 1.82) is 5.26 Å². The molecule has 2 fully saturated rings. The summed E-state index contributed by atoms with van der Waals surface area (Å²) >= 11 is 0. The summed E-state index contributed by atoms with van der Waals surface area (Å²) < 4.78 is 10.9. The molecule has 0 bridgehead atoms. The van der Waals surface area contributed by atoms with Crippen molar-refractivity contribution in [1.82, 2.24) is 5.32 Å². The van der Waals surface area contributed by atoms with E-state index in [4.69, 9.17) is 14.7 Å². The summed E-state index contributed by atoms with van der Waals surface area (Å²) in [7, 11) is 0. The summed E-state index contributed by atoms with van der Waals surface area (Å²) in [6.45, 7) is 0.525. The number of urea groups is 1. The largest absolute Gasteiger partial charge is 0.388 e. The van der Waals surface area contributed by atoms with Crippen LogP contribution >= 0.6 is 0 Å². The van der Waals surface area contributed by atoms with Crippen molar-refractivity contribution in [2.45, 2.75) is 24.4 Å². The number of anilines is 1. The van der Waals surface area contributed by atoms with Gasteiger partial charge in [-0.05, 0) is 18.2 Å². The van der Waals surface area contributed by atoms with E-state index in [1.54, 1.807) is 24.3 Å². The van der Waals surface area contributed by atoms with Crippen LogP contribution < -0.4 is 10.6 Å². The summed E-state index contributed by atoms with van der Waals surface area (Å²) in [6.07, 6.45) is -1.34. The van der Waals surface area contributed by atoms with Gasteiger partial charge in [-0.3, -0.25) is 0 Å². The monoisotopic (exact) mass is 289 g/mol. The Kier molecular flexibility index (Phi) is 3.75. The van der Waals surface area contributed by atoms with Crippen molar-refractivity contribution in [2.24, 2.45) is 0 Å². The van der Waals surface area contributed by atoms with E-state index in [0.717, 1.165) is 0 Å². The maximum Gasteiger partial charge on any atom is 0.319 e. The lowest BCUT2D eigenvalue weighted by atomic mass is 10.1. The fourth-order valence-electron chi connectivity index (χ4n) is 2.60. The number of carbonyl (C=O) groups excluding carboxylic acids is 1. The fourth-order valence-corrected chi connectivity index (χ4v) is 2.60. The second-order valence-corrected chi connectivity index (χ2v) is 5.06. The van der Waals surface area contributed by atoms with Gasteiger partial charge < -0.3 is 25.2 Å². The summed E-state index contributed by atoms with van der Waals surface area (Å²) in [4.78, 5) is 12.0. The highest BCUT2D eigenvalue weighted by molar-refractivity contribution is 5.89. The lowest BCUT2D eigenvalue weighted by Gasteiger charge is -2.17. The number of ether oxygens (including phenoxy) is 2. The van der Waals surface area contributed by atoms with Crippen LogP contribution in [0, 0.1) is 11.3 Å². The third-order valence-corrected chi connectivity index (χ3v) is 3.59. The standard InChI is InChI=1S/C14H15N3O4/c15-5-8-2-1-3-9(4-8)16-14(19)17-10-6-20-13-11(18)7-21-12(10)13/h1-4,10-13,18H,6-7H2,(H2,16,17,19)/t10-,11+,12+,13+/m0/s1. The first-order valence-corrected chi connectivity index (χ1v) is 6.66. The molecule has 110 valence electrons. The second kappa shape index (κ2) is 5.69. The van der Waals surface area contributed by atoms with Gasteiger partial charge >= 0.3 is 6.03 Å². The number of aliphatic hydroxyl groups excluding tert-OH is 1. The van der Waals surface area contributed by atoms with Gasteiger partial charge in [-0.1, -0.05) is 6.07 Å². The Morgan fingerprint density at radius 1 is 1.33 bits per heavy atom. The fraction of sp³-hybridized carbons (Fsp3) is 0.429. The van der Waals surface area contributed by atoms with Gasteiger partial charge in [0.2, 0.25) is 0 Å². The molecule has 1 aromatic rings. The van der Waals surface area contributed by atoms with Gasteiger partial charge in [0.05, 0.1) is 30.9 Å². The van der Waals surface area contributed by atoms with Gasteiger partial charge in [-0.2, -0.15) is 5.26 Å². The molecule has 0 saturated carbocycles. The Balaban J connectivity index is 1.58. The van der Waals surface area contributed by atoms with E-state index in [0.29, 0.717) is 17.9 Å². The molecule has 21 heavy (non-hydrogen) atoms. The zero-order chi connectivity index (χ0) is 14.8. The number of hydrogen-bond donors (Lipinski definition) is 3. The first kappa shape index (κ1) is 13.8. The van der Waals surface area contributed by atoms with E-state index in [1.165, 1.54) is 0 Å². The van der Waals surface area contributed by atoms with Crippen LogP contribution in [0.2, 0.25) is 0 Å². The van der Waals surface area contributed by atoms with E-state index in [2.05, 4.69) is 10.6 Å². The van der Waals surface area contributed by atoms with Gasteiger partial charge in [0, 0.05) is 5.69 Å². The van der Waals surface area contributed by atoms with Crippen molar-refractivity contribution >= 4 is 11.7 Å². The Bertz CT molecular complexity index is 586. The van der Waals surface area contributed by atoms with Gasteiger partial charge in [0.1, 0.15) is 18.3 Å². The van der Waals surface area contributed by atoms with E-state index >= 15 is 0 Å². The number of nitriles is 1. The van der Waals surface area contributed by atoms with Crippen LogP contribution in [-0.2, 0) is 9.47 Å². The Hall–Kier alpha value is -2.14. The molecule has 2 aliphatic rings. The summed E-state index contributed by atoms with van der Waals surface area (Å²) in [5.41, 5.74) is 1.01. The number of amides is 2. The number of aliphatic hydroxyl groups is 1. The minimum Gasteiger partial charge on any atom is -0.388 e. The third-order valence-electron chi connectivity index (χ3n) is 3.59. The zero-order valence-corrected chi connectivity index (χ0v) is 11.2. The predicted molar refractivity (Wildman–Crippen MR) is 72.6 cm³/mol. The molecule has 3 rings (SSSR count). The molecule has 0 spiro atoms. The lowest BCUT2D eigenvalue weighted by Crippen LogP contribution is -2.46. The van der Waals surface area contributed by atoms with E-state index in [1.807, 2.05) is 6.07 Å². The van der Waals surface area contributed by atoms with E-state index in [-0.39, 0.29) is 24.9 Å². The number of hydrogen-bond acceptors (Lipinski definition) is 5. The maximum absolute atomic E-state index is 12.0. The summed E-state index contributed by atoms with van der Waals surface area (Å²) in [5, 5.41) is 23.9. The molecule has 1 aromatic carbocycles. The molecule has 0 unspecified atom stereocenters. The number of nitrogens with one attached hydrogen (secondary N) is 2. The molecular weight excluding hydrogens is 274 g/mol. The number of nitrogens with zero attached hydrogens (tertiary/aromatic N) is 1. The molecule has 4 atom stereocenters. The Morgan fingerprint density at radius 3 is 2.95 bits per heavy atom. The summed E-state index contributed by atoms with van der Waals surface area (Å²) in [6, 6.07) is 7.95. The van der Waals surface area contributed by atoms with Crippen molar-refractivity contribution in [3.63, 3.8) is 0 Å². The zero-order valence-electron chi connectivity index (χ0n) is 11.2. The van der Waals surface area contributed by atoms with Gasteiger partial charge in [0.15, 0.2) is 0 Å². The normalized spacial score (nSPS) is 30.5. The molecule has 0 aromatic heterocycles. The van der Waals surface area contributed by atoms with Gasteiger partial charge in [-0.25, -0.2) is 4.79 Å². The first-order chi connectivity index (χ1) is 10.2. The van der Waals surface area contributed by atoms with E-state index in [9.17, 15) is 9.90 Å². The molecule has 2 aliphatic heterocycles. The Labute approximate surface area is 121 Å². The van der Waals surface area contributed by atoms with Crippen molar-refractivity contribution < 1.29 is 19.4 Å². The van der Waals surface area contributed by atoms with E-state index < -0.39 is 12.1 Å². The quantitative estimate of drug-likeness (QED) is 0.722. The minimum absolute atomic E-state index is 0.222. The lowest BCUT2D eigenvalue weighted by molar-refractivity contribution is 0.0180. The molecular formula is C14H15N3O4. The van der Waals surface area contributed by atoms with Crippen LogP contribution in [0.5, 0.6) is 0 Å². The van der Waals surface area contributed by atoms with Crippen LogP contribution in [-0.4, -0.2) is 48.7 Å². The van der Waals surface area contributed by atoms with Crippen LogP contribution in [0.25, 0.3) is 0 Å². The molecule has 3 N–H and O–H groups in total. The number of benzene rings is 1. The van der Waals surface area contributed by atoms with Crippen LogP contribution in [0.3, 0.4) is 0 Å². The topological polar surface area (TPSA) is 104 Å². The van der Waals surface area contributed by atoms with Crippen LogP contribution in [0.15, 0.2) is 24.3 Å². The van der Waals surface area contributed by atoms with Crippen molar-refractivity contribution in [2.75, 3.05) is 18.5 Å². The maximum atomic E-state index is 12.0. The average molecular weight is 289 g/mol. The van der Waals surface area contributed by atoms with Crippen molar-refractivity contribution in [3.05, 3.63) is 29.8 Å². The number of fused-ring (bicyclic) bond motifs is 1. The predicted octanol–water partition coefficient (Wildman–Crippen LogP) is 0.207.